The molecule has 0 unspecified atom stereocenters. The standard InChI is InChI=1S/C16H23NO/c1-13-10-14(2)12-15(11-13)16(18)17-8-6-4-3-5-7-9-17/h10-12H,3-9H2,1-2H3. The van der Waals surface area contributed by atoms with Crippen molar-refractivity contribution in [3.8, 4) is 0 Å². The quantitative estimate of drug-likeness (QED) is 0.738. The molecule has 2 nitrogen and oxygen atoms in total. The maximum absolute atomic E-state index is 12.5. The van der Waals surface area contributed by atoms with Crippen molar-refractivity contribution < 1.29 is 4.79 Å². The highest BCUT2D eigenvalue weighted by Crippen LogP contribution is 2.15. The lowest BCUT2D eigenvalue weighted by Gasteiger charge is -2.25. The van der Waals surface area contributed by atoms with E-state index in [1.54, 1.807) is 0 Å². The van der Waals surface area contributed by atoms with Gasteiger partial charge < -0.3 is 4.90 Å². The number of rotatable bonds is 1. The van der Waals surface area contributed by atoms with Crippen LogP contribution in [0.25, 0.3) is 0 Å². The van der Waals surface area contributed by atoms with Crippen LogP contribution in [-0.2, 0) is 0 Å². The van der Waals surface area contributed by atoms with Crippen molar-refractivity contribution in [2.75, 3.05) is 13.1 Å². The minimum absolute atomic E-state index is 0.212. The second kappa shape index (κ2) is 6.03. The molecular weight excluding hydrogens is 222 g/mol. The lowest BCUT2D eigenvalue weighted by atomic mass is 10.0. The number of nitrogens with zero attached hydrogens (tertiary/aromatic N) is 1. The highest BCUT2D eigenvalue weighted by atomic mass is 16.2. The van der Waals surface area contributed by atoms with E-state index >= 15 is 0 Å². The van der Waals surface area contributed by atoms with Crippen LogP contribution in [0.1, 0.15) is 53.6 Å². The monoisotopic (exact) mass is 245 g/mol. The van der Waals surface area contributed by atoms with Gasteiger partial charge in [-0.15, -0.1) is 0 Å². The van der Waals surface area contributed by atoms with Gasteiger partial charge in [-0.3, -0.25) is 4.79 Å². The Labute approximate surface area is 110 Å². The first-order valence-corrected chi connectivity index (χ1v) is 7.04. The van der Waals surface area contributed by atoms with Gasteiger partial charge in [-0.1, -0.05) is 36.5 Å². The van der Waals surface area contributed by atoms with Crippen LogP contribution in [0.4, 0.5) is 0 Å². The predicted molar refractivity (Wildman–Crippen MR) is 74.9 cm³/mol. The summed E-state index contributed by atoms with van der Waals surface area (Å²) < 4.78 is 0. The van der Waals surface area contributed by atoms with E-state index in [4.69, 9.17) is 0 Å². The molecule has 0 aliphatic carbocycles. The maximum atomic E-state index is 12.5. The fourth-order valence-electron chi connectivity index (χ4n) is 2.73. The highest BCUT2D eigenvalue weighted by Gasteiger charge is 2.16. The summed E-state index contributed by atoms with van der Waals surface area (Å²) in [4.78, 5) is 14.5. The Balaban J connectivity index is 2.13. The van der Waals surface area contributed by atoms with E-state index in [0.717, 1.165) is 31.5 Å². The van der Waals surface area contributed by atoms with Crippen LogP contribution in [0.2, 0.25) is 0 Å². The first-order valence-electron chi connectivity index (χ1n) is 7.04. The van der Waals surface area contributed by atoms with Crippen molar-refractivity contribution in [1.82, 2.24) is 4.90 Å². The van der Waals surface area contributed by atoms with Crippen molar-refractivity contribution in [1.29, 1.82) is 0 Å². The number of likely N-dealkylation sites (tertiary alicyclic amines) is 1. The van der Waals surface area contributed by atoms with E-state index in [-0.39, 0.29) is 5.91 Å². The number of amides is 1. The lowest BCUT2D eigenvalue weighted by molar-refractivity contribution is 0.0742. The number of benzene rings is 1. The second-order valence-electron chi connectivity index (χ2n) is 5.44. The zero-order valence-electron chi connectivity index (χ0n) is 11.5. The van der Waals surface area contributed by atoms with E-state index in [0.29, 0.717) is 0 Å². The number of carbonyl (C=O) groups is 1. The summed E-state index contributed by atoms with van der Waals surface area (Å²) in [7, 11) is 0. The summed E-state index contributed by atoms with van der Waals surface area (Å²) in [5.74, 6) is 0.212. The molecule has 0 saturated carbocycles. The molecule has 1 heterocycles. The third-order valence-electron chi connectivity index (χ3n) is 3.61. The molecular formula is C16H23NO. The van der Waals surface area contributed by atoms with Gasteiger partial charge in [-0.25, -0.2) is 0 Å². The van der Waals surface area contributed by atoms with Crippen LogP contribution in [0.5, 0.6) is 0 Å². The SMILES string of the molecule is Cc1cc(C)cc(C(=O)N2CCCCCCC2)c1. The smallest absolute Gasteiger partial charge is 0.253 e. The van der Waals surface area contributed by atoms with E-state index in [9.17, 15) is 4.79 Å². The first-order chi connectivity index (χ1) is 8.66. The molecule has 98 valence electrons. The first kappa shape index (κ1) is 13.1. The molecule has 18 heavy (non-hydrogen) atoms. The van der Waals surface area contributed by atoms with Gasteiger partial charge in [0.1, 0.15) is 0 Å². The summed E-state index contributed by atoms with van der Waals surface area (Å²) in [6.07, 6.45) is 6.14. The Morgan fingerprint density at radius 1 is 0.889 bits per heavy atom. The highest BCUT2D eigenvalue weighted by molar-refractivity contribution is 5.94. The zero-order valence-corrected chi connectivity index (χ0v) is 11.5. The van der Waals surface area contributed by atoms with E-state index in [1.807, 2.05) is 17.0 Å². The van der Waals surface area contributed by atoms with Crippen LogP contribution < -0.4 is 0 Å². The Bertz CT molecular complexity index is 397. The summed E-state index contributed by atoms with van der Waals surface area (Å²) in [6.45, 7) is 5.95. The van der Waals surface area contributed by atoms with Crippen LogP contribution >= 0.6 is 0 Å². The van der Waals surface area contributed by atoms with Crippen molar-refractivity contribution in [2.24, 2.45) is 0 Å². The Morgan fingerprint density at radius 3 is 1.94 bits per heavy atom. The minimum Gasteiger partial charge on any atom is -0.339 e. The van der Waals surface area contributed by atoms with E-state index in [2.05, 4.69) is 19.9 Å². The molecule has 0 aromatic heterocycles. The van der Waals surface area contributed by atoms with E-state index in [1.165, 1.54) is 30.4 Å². The maximum Gasteiger partial charge on any atom is 0.253 e. The molecule has 1 fully saturated rings. The summed E-state index contributed by atoms with van der Waals surface area (Å²) in [5.41, 5.74) is 3.20. The predicted octanol–water partition coefficient (Wildman–Crippen LogP) is 3.71. The number of hydrogen-bond acceptors (Lipinski definition) is 1. The van der Waals surface area contributed by atoms with Crippen LogP contribution in [-0.4, -0.2) is 23.9 Å². The van der Waals surface area contributed by atoms with Crippen molar-refractivity contribution in [3.63, 3.8) is 0 Å². The van der Waals surface area contributed by atoms with E-state index < -0.39 is 0 Å². The van der Waals surface area contributed by atoms with Crippen molar-refractivity contribution in [3.05, 3.63) is 34.9 Å². The van der Waals surface area contributed by atoms with Gasteiger partial charge in [-0.05, 0) is 38.8 Å². The molecule has 1 aromatic carbocycles. The molecule has 1 aliphatic heterocycles. The van der Waals surface area contributed by atoms with Crippen LogP contribution in [0, 0.1) is 13.8 Å². The fourth-order valence-corrected chi connectivity index (χ4v) is 2.73. The minimum atomic E-state index is 0.212. The molecule has 1 aliphatic rings. The van der Waals surface area contributed by atoms with Crippen molar-refractivity contribution >= 4 is 5.91 Å². The number of carbonyl (C=O) groups excluding carboxylic acids is 1. The second-order valence-corrected chi connectivity index (χ2v) is 5.44. The average Bonchev–Trinajstić information content (AvgIpc) is 2.26. The molecule has 0 radical (unpaired) electrons. The molecule has 0 bridgehead atoms. The zero-order chi connectivity index (χ0) is 13.0. The topological polar surface area (TPSA) is 20.3 Å². The molecule has 1 saturated heterocycles. The van der Waals surface area contributed by atoms with Crippen molar-refractivity contribution in [2.45, 2.75) is 46.0 Å². The molecule has 1 amide bonds. The summed E-state index contributed by atoms with van der Waals surface area (Å²) >= 11 is 0. The Kier molecular flexibility index (Phi) is 4.40. The molecule has 0 spiro atoms. The largest absolute Gasteiger partial charge is 0.339 e. The normalized spacial score (nSPS) is 17.1. The molecule has 0 N–H and O–H groups in total. The van der Waals surface area contributed by atoms with Gasteiger partial charge in [0.25, 0.3) is 5.91 Å². The Morgan fingerprint density at radius 2 is 1.39 bits per heavy atom. The van der Waals surface area contributed by atoms with Gasteiger partial charge in [0.05, 0.1) is 0 Å². The third-order valence-corrected chi connectivity index (χ3v) is 3.61. The summed E-state index contributed by atoms with van der Waals surface area (Å²) in [6, 6.07) is 6.13. The average molecular weight is 245 g/mol. The number of aryl methyl sites for hydroxylation is 2. The van der Waals surface area contributed by atoms with Gasteiger partial charge in [0.2, 0.25) is 0 Å². The van der Waals surface area contributed by atoms with Crippen LogP contribution in [0.15, 0.2) is 18.2 Å². The van der Waals surface area contributed by atoms with Gasteiger partial charge >= 0.3 is 0 Å². The molecule has 2 rings (SSSR count). The summed E-state index contributed by atoms with van der Waals surface area (Å²) in [5, 5.41) is 0. The molecule has 0 atom stereocenters. The third kappa shape index (κ3) is 3.34. The van der Waals surface area contributed by atoms with Gasteiger partial charge in [0.15, 0.2) is 0 Å². The van der Waals surface area contributed by atoms with Gasteiger partial charge in [-0.2, -0.15) is 0 Å². The number of hydrogen-bond donors (Lipinski definition) is 0. The lowest BCUT2D eigenvalue weighted by Crippen LogP contribution is -2.33. The fraction of sp³-hybridized carbons (Fsp3) is 0.562. The molecule has 1 aromatic rings. The van der Waals surface area contributed by atoms with Crippen LogP contribution in [0.3, 0.4) is 0 Å². The molecule has 2 heteroatoms. The van der Waals surface area contributed by atoms with Gasteiger partial charge in [0, 0.05) is 18.7 Å². The Hall–Kier alpha value is -1.31.